The van der Waals surface area contributed by atoms with Crippen molar-refractivity contribution in [2.75, 3.05) is 55.1 Å². The van der Waals surface area contributed by atoms with Crippen LogP contribution in [0, 0.1) is 0 Å². The van der Waals surface area contributed by atoms with Gasteiger partial charge in [0.1, 0.15) is 0 Å². The Hall–Kier alpha value is -5.59. The van der Waals surface area contributed by atoms with Crippen LogP contribution in [0.2, 0.25) is 0 Å². The van der Waals surface area contributed by atoms with Gasteiger partial charge in [-0.15, -0.1) is 5.10 Å². The third-order valence-corrected chi connectivity index (χ3v) is 6.61. The van der Waals surface area contributed by atoms with E-state index >= 15 is 0 Å². The number of carbonyl (C=O) groups is 1. The van der Waals surface area contributed by atoms with Gasteiger partial charge in [0.05, 0.1) is 68.2 Å². The van der Waals surface area contributed by atoms with Crippen LogP contribution in [0.5, 0.6) is 46.0 Å². The largest absolute Gasteiger partial charge is 0.503 e. The van der Waals surface area contributed by atoms with Gasteiger partial charge in [0.2, 0.25) is 11.5 Å². The molecule has 0 aliphatic carbocycles. The van der Waals surface area contributed by atoms with Crippen LogP contribution in [-0.4, -0.2) is 75.8 Å². The van der Waals surface area contributed by atoms with Crippen molar-refractivity contribution in [3.8, 4) is 46.0 Å². The number of methoxy groups -OCH3 is 7. The number of phenols is 1. The second-order valence-electron chi connectivity index (χ2n) is 9.16. The topological polar surface area (TPSA) is 145 Å². The molecule has 0 aliphatic heterocycles. The molecule has 0 atom stereocenters. The molecule has 44 heavy (non-hydrogen) atoms. The van der Waals surface area contributed by atoms with Crippen molar-refractivity contribution in [3.05, 3.63) is 65.0 Å². The zero-order valence-corrected chi connectivity index (χ0v) is 25.5. The van der Waals surface area contributed by atoms with Crippen LogP contribution in [0.3, 0.4) is 0 Å². The normalized spacial score (nSPS) is 10.8. The molecular weight excluding hydrogens is 572 g/mol. The summed E-state index contributed by atoms with van der Waals surface area (Å²) in [4.78, 5) is 13.3. The lowest BCUT2D eigenvalue weighted by atomic mass is 10.1. The van der Waals surface area contributed by atoms with Crippen LogP contribution in [0.1, 0.15) is 27.2 Å². The molecule has 0 saturated carbocycles. The lowest BCUT2D eigenvalue weighted by Gasteiger charge is -2.14. The first-order valence-electron chi connectivity index (χ1n) is 13.2. The summed E-state index contributed by atoms with van der Waals surface area (Å²) < 4.78 is 39.2. The number of aromatic nitrogens is 3. The molecule has 0 bridgehead atoms. The first kappa shape index (κ1) is 31.3. The summed E-state index contributed by atoms with van der Waals surface area (Å²) in [7, 11) is 10.6. The van der Waals surface area contributed by atoms with Crippen molar-refractivity contribution < 1.29 is 43.1 Å². The summed E-state index contributed by atoms with van der Waals surface area (Å²) in [6.45, 7) is 0.268. The highest BCUT2D eigenvalue weighted by atomic mass is 16.5. The van der Waals surface area contributed by atoms with Crippen LogP contribution in [0.25, 0.3) is 12.2 Å². The molecule has 0 saturated heterocycles. The van der Waals surface area contributed by atoms with Crippen LogP contribution >= 0.6 is 0 Å². The summed E-state index contributed by atoms with van der Waals surface area (Å²) in [5.74, 6) is 2.19. The first-order valence-corrected chi connectivity index (χ1v) is 13.2. The lowest BCUT2D eigenvalue weighted by Crippen LogP contribution is -2.13. The van der Waals surface area contributed by atoms with Gasteiger partial charge in [-0.3, -0.25) is 4.79 Å². The van der Waals surface area contributed by atoms with E-state index in [-0.39, 0.29) is 29.4 Å². The van der Waals surface area contributed by atoms with Gasteiger partial charge in [-0.25, -0.2) is 4.68 Å². The van der Waals surface area contributed by atoms with E-state index in [2.05, 4.69) is 15.6 Å². The fraction of sp³-hybridized carbons (Fsp3) is 0.258. The summed E-state index contributed by atoms with van der Waals surface area (Å²) in [5.41, 5.74) is 2.15. The van der Waals surface area contributed by atoms with E-state index in [0.29, 0.717) is 40.1 Å². The minimum absolute atomic E-state index is 0.0271. The number of amides is 1. The van der Waals surface area contributed by atoms with Crippen LogP contribution in [0.15, 0.2) is 42.6 Å². The minimum atomic E-state index is -0.591. The van der Waals surface area contributed by atoms with Gasteiger partial charge in [-0.1, -0.05) is 17.4 Å². The smallest absolute Gasteiger partial charge is 0.277 e. The molecule has 4 rings (SSSR count). The summed E-state index contributed by atoms with van der Waals surface area (Å²) >= 11 is 0. The quantitative estimate of drug-likeness (QED) is 0.164. The second kappa shape index (κ2) is 14.1. The van der Waals surface area contributed by atoms with Gasteiger partial charge in [0, 0.05) is 5.56 Å². The number of nitrogens with zero attached hydrogens (tertiary/aromatic N) is 3. The summed E-state index contributed by atoms with van der Waals surface area (Å²) in [6.07, 6.45) is 4.98. The van der Waals surface area contributed by atoms with E-state index < -0.39 is 5.91 Å². The van der Waals surface area contributed by atoms with Gasteiger partial charge in [-0.2, -0.15) is 0 Å². The van der Waals surface area contributed by atoms with Crippen molar-refractivity contribution in [2.45, 2.75) is 6.54 Å². The van der Waals surface area contributed by atoms with Crippen LogP contribution < -0.4 is 38.5 Å². The van der Waals surface area contributed by atoms with E-state index in [1.54, 1.807) is 48.6 Å². The SMILES string of the molecule is COc1ccc(/C=C\c2cc(OC)c(OC)c(OC)c2)c(NC(=O)c2cn(Cc3cc(OC)c(OC)c(OC)c3)nn2)c1O. The summed E-state index contributed by atoms with van der Waals surface area (Å²) in [6, 6.07) is 10.4. The average Bonchev–Trinajstić information content (AvgIpc) is 3.52. The van der Waals surface area contributed by atoms with E-state index in [0.717, 1.165) is 11.1 Å². The number of benzene rings is 3. The fourth-order valence-electron chi connectivity index (χ4n) is 4.48. The molecule has 13 nitrogen and oxygen atoms in total. The number of phenolic OH excluding ortho intramolecular Hbond substituents is 1. The average molecular weight is 607 g/mol. The standard InChI is InChI=1S/C31H34N4O9/c1-38-22-11-10-20(9-8-18-12-23(39-2)29(43-6)24(13-18)40-3)27(28(22)36)32-31(37)21-17-35(34-33-21)16-19-14-25(41-4)30(44-7)26(15-19)42-5/h8-15,17,36H,16H2,1-7H3,(H,32,37)/b9-8-. The van der Waals surface area contributed by atoms with E-state index in [9.17, 15) is 9.90 Å². The molecular formula is C31H34N4O9. The Labute approximate surface area is 254 Å². The van der Waals surface area contributed by atoms with Crippen LogP contribution in [-0.2, 0) is 6.54 Å². The van der Waals surface area contributed by atoms with E-state index in [4.69, 9.17) is 33.2 Å². The Morgan fingerprint density at radius 1 is 0.773 bits per heavy atom. The van der Waals surface area contributed by atoms with Crippen molar-refractivity contribution >= 4 is 23.7 Å². The Kier molecular flexibility index (Phi) is 10.0. The number of nitrogens with one attached hydrogen (secondary N) is 1. The molecule has 1 aromatic heterocycles. The molecule has 0 spiro atoms. The lowest BCUT2D eigenvalue weighted by molar-refractivity contribution is 0.102. The molecule has 1 heterocycles. The Bertz CT molecular complexity index is 1620. The molecule has 3 aromatic carbocycles. The number of carbonyl (C=O) groups excluding carboxylic acids is 1. The van der Waals surface area contributed by atoms with Crippen molar-refractivity contribution in [3.63, 3.8) is 0 Å². The van der Waals surface area contributed by atoms with Crippen molar-refractivity contribution in [1.29, 1.82) is 0 Å². The first-order chi connectivity index (χ1) is 21.3. The molecule has 0 aliphatic rings. The molecule has 1 amide bonds. The number of aromatic hydroxyl groups is 1. The van der Waals surface area contributed by atoms with Gasteiger partial charge in [0.15, 0.2) is 40.2 Å². The molecule has 4 aromatic rings. The molecule has 0 fully saturated rings. The Morgan fingerprint density at radius 3 is 1.84 bits per heavy atom. The van der Waals surface area contributed by atoms with Gasteiger partial charge < -0.3 is 43.6 Å². The Balaban J connectivity index is 1.60. The number of anilines is 1. The van der Waals surface area contributed by atoms with E-state index in [1.807, 2.05) is 0 Å². The maximum absolute atomic E-state index is 13.3. The monoisotopic (exact) mass is 606 g/mol. The predicted molar refractivity (Wildman–Crippen MR) is 163 cm³/mol. The highest BCUT2D eigenvalue weighted by Crippen LogP contribution is 2.41. The fourth-order valence-corrected chi connectivity index (χ4v) is 4.48. The molecule has 0 radical (unpaired) electrons. The molecule has 2 N–H and O–H groups in total. The Morgan fingerprint density at radius 2 is 1.32 bits per heavy atom. The summed E-state index contributed by atoms with van der Waals surface area (Å²) in [5, 5.41) is 21.8. The maximum Gasteiger partial charge on any atom is 0.277 e. The molecule has 0 unspecified atom stereocenters. The third-order valence-electron chi connectivity index (χ3n) is 6.61. The van der Waals surface area contributed by atoms with Gasteiger partial charge in [-0.05, 0) is 47.5 Å². The second-order valence-corrected chi connectivity index (χ2v) is 9.16. The minimum Gasteiger partial charge on any atom is -0.503 e. The predicted octanol–water partition coefficient (Wildman–Crippen LogP) is 4.51. The molecule has 13 heteroatoms. The number of ether oxygens (including phenoxy) is 7. The highest BCUT2D eigenvalue weighted by molar-refractivity contribution is 6.05. The van der Waals surface area contributed by atoms with Crippen LogP contribution in [0.4, 0.5) is 5.69 Å². The number of hydrogen-bond acceptors (Lipinski definition) is 11. The third kappa shape index (κ3) is 6.56. The van der Waals surface area contributed by atoms with Crippen molar-refractivity contribution in [2.24, 2.45) is 0 Å². The zero-order chi connectivity index (χ0) is 31.8. The zero-order valence-electron chi connectivity index (χ0n) is 25.5. The van der Waals surface area contributed by atoms with Gasteiger partial charge in [0.25, 0.3) is 5.91 Å². The van der Waals surface area contributed by atoms with Crippen molar-refractivity contribution in [1.82, 2.24) is 15.0 Å². The number of rotatable bonds is 13. The van der Waals surface area contributed by atoms with E-state index in [1.165, 1.54) is 60.6 Å². The number of hydrogen-bond donors (Lipinski definition) is 2. The van der Waals surface area contributed by atoms with Gasteiger partial charge >= 0.3 is 0 Å². The molecule has 232 valence electrons. The highest BCUT2D eigenvalue weighted by Gasteiger charge is 2.19. The maximum atomic E-state index is 13.3.